The minimum absolute atomic E-state index is 0.193. The number of hydroxylamine groups is 2. The van der Waals surface area contributed by atoms with E-state index in [1.807, 2.05) is 30.3 Å². The first kappa shape index (κ1) is 14.7. The highest BCUT2D eigenvalue weighted by Gasteiger charge is 2.13. The van der Waals surface area contributed by atoms with Gasteiger partial charge in [-0.2, -0.15) is 0 Å². The number of hydrogen-bond donors (Lipinski definition) is 1. The average Bonchev–Trinajstić information content (AvgIpc) is 2.37. The first-order chi connectivity index (χ1) is 8.63. The highest BCUT2D eigenvalue weighted by Crippen LogP contribution is 2.09. The van der Waals surface area contributed by atoms with Gasteiger partial charge in [-0.3, -0.25) is 10.0 Å². The summed E-state index contributed by atoms with van der Waals surface area (Å²) in [4.78, 5) is 11.7. The van der Waals surface area contributed by atoms with Gasteiger partial charge in [-0.25, -0.2) is 5.06 Å². The Morgan fingerprint density at radius 2 is 2.00 bits per heavy atom. The zero-order valence-corrected chi connectivity index (χ0v) is 11.3. The number of aryl methyl sites for hydroxylation is 1. The van der Waals surface area contributed by atoms with Gasteiger partial charge in [0.1, 0.15) is 0 Å². The predicted octanol–water partition coefficient (Wildman–Crippen LogP) is 3.27. The Hall–Kier alpha value is -1.35. The summed E-state index contributed by atoms with van der Waals surface area (Å²) in [6, 6.07) is 9.86. The van der Waals surface area contributed by atoms with Crippen molar-refractivity contribution in [2.45, 2.75) is 39.5 Å². The van der Waals surface area contributed by atoms with Crippen LogP contribution in [0.4, 0.5) is 0 Å². The topological polar surface area (TPSA) is 40.5 Å². The summed E-state index contributed by atoms with van der Waals surface area (Å²) in [5.74, 6) is 0.155. The zero-order chi connectivity index (χ0) is 13.4. The Bertz CT molecular complexity index is 351. The van der Waals surface area contributed by atoms with Crippen molar-refractivity contribution in [2.24, 2.45) is 5.92 Å². The Kier molecular flexibility index (Phi) is 6.44. The lowest BCUT2D eigenvalue weighted by Gasteiger charge is -2.19. The Labute approximate surface area is 109 Å². The third-order valence-corrected chi connectivity index (χ3v) is 3.02. The van der Waals surface area contributed by atoms with Crippen LogP contribution < -0.4 is 0 Å². The minimum Gasteiger partial charge on any atom is -0.286 e. The highest BCUT2D eigenvalue weighted by atomic mass is 16.5. The molecule has 0 heterocycles. The number of nitrogens with zero attached hydrogens (tertiary/aromatic N) is 1. The second-order valence-corrected chi connectivity index (χ2v) is 4.86. The van der Waals surface area contributed by atoms with Gasteiger partial charge in [0.05, 0.1) is 6.54 Å². The normalized spacial score (nSPS) is 12.2. The van der Waals surface area contributed by atoms with Crippen molar-refractivity contribution in [3.63, 3.8) is 0 Å². The van der Waals surface area contributed by atoms with E-state index in [-0.39, 0.29) is 5.91 Å². The Morgan fingerprint density at radius 3 is 2.61 bits per heavy atom. The molecule has 1 N–H and O–H groups in total. The van der Waals surface area contributed by atoms with Gasteiger partial charge in [0.15, 0.2) is 0 Å². The van der Waals surface area contributed by atoms with Crippen LogP contribution in [0.1, 0.15) is 38.7 Å². The van der Waals surface area contributed by atoms with E-state index < -0.39 is 0 Å². The maximum absolute atomic E-state index is 11.7. The molecule has 0 saturated carbocycles. The molecule has 100 valence electrons. The molecule has 0 fully saturated rings. The Morgan fingerprint density at radius 1 is 1.33 bits per heavy atom. The summed E-state index contributed by atoms with van der Waals surface area (Å²) in [5.41, 5.74) is 1.13. The van der Waals surface area contributed by atoms with Crippen LogP contribution in [0.3, 0.4) is 0 Å². The van der Waals surface area contributed by atoms with Crippen LogP contribution in [0.15, 0.2) is 30.3 Å². The van der Waals surface area contributed by atoms with Crippen LogP contribution in [0.25, 0.3) is 0 Å². The molecule has 3 heteroatoms. The van der Waals surface area contributed by atoms with Crippen molar-refractivity contribution in [3.8, 4) is 0 Å². The number of carbonyl (C=O) groups is 1. The lowest BCUT2D eigenvalue weighted by molar-refractivity contribution is -0.167. The summed E-state index contributed by atoms with van der Waals surface area (Å²) in [7, 11) is 0. The molecule has 1 atom stereocenters. The maximum Gasteiger partial charge on any atom is 0.246 e. The van der Waals surface area contributed by atoms with Crippen molar-refractivity contribution in [2.75, 3.05) is 6.54 Å². The van der Waals surface area contributed by atoms with E-state index in [0.717, 1.165) is 23.5 Å². The maximum atomic E-state index is 11.7. The monoisotopic (exact) mass is 249 g/mol. The fourth-order valence-corrected chi connectivity index (χ4v) is 2.01. The van der Waals surface area contributed by atoms with Gasteiger partial charge in [-0.1, -0.05) is 50.6 Å². The largest absolute Gasteiger partial charge is 0.286 e. The standard InChI is InChI=1S/C15H23NO2/c1-3-7-13(2)12-16(18)15(17)11-10-14-8-5-4-6-9-14/h4-6,8-9,13,18H,3,7,10-12H2,1-2H3. The number of benzene rings is 1. The molecule has 0 bridgehead atoms. The molecular weight excluding hydrogens is 226 g/mol. The SMILES string of the molecule is CCCC(C)CN(O)C(=O)CCc1ccccc1. The van der Waals surface area contributed by atoms with Gasteiger partial charge in [0.25, 0.3) is 0 Å². The molecule has 0 saturated heterocycles. The molecule has 0 radical (unpaired) electrons. The van der Waals surface area contributed by atoms with Gasteiger partial charge in [-0.15, -0.1) is 0 Å². The summed E-state index contributed by atoms with van der Waals surface area (Å²) in [6.45, 7) is 4.59. The smallest absolute Gasteiger partial charge is 0.246 e. The summed E-state index contributed by atoms with van der Waals surface area (Å²) >= 11 is 0. The average molecular weight is 249 g/mol. The van der Waals surface area contributed by atoms with Crippen LogP contribution >= 0.6 is 0 Å². The zero-order valence-electron chi connectivity index (χ0n) is 11.3. The molecule has 0 aliphatic carbocycles. The highest BCUT2D eigenvalue weighted by molar-refractivity contribution is 5.75. The number of carbonyl (C=O) groups excluding carboxylic acids is 1. The second kappa shape index (κ2) is 7.88. The number of rotatable bonds is 7. The third kappa shape index (κ3) is 5.32. The molecule has 1 aromatic rings. The number of amides is 1. The minimum atomic E-state index is -0.193. The molecule has 0 aliphatic heterocycles. The van der Waals surface area contributed by atoms with E-state index in [1.165, 1.54) is 0 Å². The third-order valence-electron chi connectivity index (χ3n) is 3.02. The van der Waals surface area contributed by atoms with Crippen LogP contribution in [0.2, 0.25) is 0 Å². The van der Waals surface area contributed by atoms with Crippen molar-refractivity contribution in [3.05, 3.63) is 35.9 Å². The molecule has 18 heavy (non-hydrogen) atoms. The van der Waals surface area contributed by atoms with Crippen molar-refractivity contribution in [1.29, 1.82) is 0 Å². The number of hydrogen-bond acceptors (Lipinski definition) is 2. The van der Waals surface area contributed by atoms with Crippen molar-refractivity contribution in [1.82, 2.24) is 5.06 Å². The fourth-order valence-electron chi connectivity index (χ4n) is 2.01. The van der Waals surface area contributed by atoms with E-state index in [1.54, 1.807) is 0 Å². The Balaban J connectivity index is 2.32. The lowest BCUT2D eigenvalue weighted by Crippen LogP contribution is -2.31. The van der Waals surface area contributed by atoms with E-state index in [2.05, 4.69) is 13.8 Å². The first-order valence-electron chi connectivity index (χ1n) is 6.66. The molecule has 1 amide bonds. The molecule has 1 aromatic carbocycles. The van der Waals surface area contributed by atoms with Crippen LogP contribution in [-0.4, -0.2) is 22.7 Å². The van der Waals surface area contributed by atoms with Crippen LogP contribution in [0, 0.1) is 5.92 Å². The first-order valence-corrected chi connectivity index (χ1v) is 6.66. The van der Waals surface area contributed by atoms with Crippen molar-refractivity contribution < 1.29 is 10.0 Å². The lowest BCUT2D eigenvalue weighted by atomic mass is 10.1. The van der Waals surface area contributed by atoms with Gasteiger partial charge < -0.3 is 0 Å². The molecule has 0 aromatic heterocycles. The summed E-state index contributed by atoms with van der Waals surface area (Å²) in [5, 5.41) is 10.6. The molecule has 3 nitrogen and oxygen atoms in total. The van der Waals surface area contributed by atoms with Crippen LogP contribution in [-0.2, 0) is 11.2 Å². The van der Waals surface area contributed by atoms with E-state index in [9.17, 15) is 10.0 Å². The molecular formula is C15H23NO2. The van der Waals surface area contributed by atoms with Crippen molar-refractivity contribution >= 4 is 5.91 Å². The second-order valence-electron chi connectivity index (χ2n) is 4.86. The van der Waals surface area contributed by atoms with E-state index in [4.69, 9.17) is 0 Å². The molecule has 0 spiro atoms. The van der Waals surface area contributed by atoms with Gasteiger partial charge >= 0.3 is 0 Å². The van der Waals surface area contributed by atoms with Crippen LogP contribution in [0.5, 0.6) is 0 Å². The van der Waals surface area contributed by atoms with E-state index >= 15 is 0 Å². The van der Waals surface area contributed by atoms with Gasteiger partial charge in [0.2, 0.25) is 5.91 Å². The quantitative estimate of drug-likeness (QED) is 0.595. The molecule has 1 rings (SSSR count). The molecule has 0 aliphatic rings. The fraction of sp³-hybridized carbons (Fsp3) is 0.533. The van der Waals surface area contributed by atoms with E-state index in [0.29, 0.717) is 25.3 Å². The molecule has 1 unspecified atom stereocenters. The van der Waals surface area contributed by atoms with Gasteiger partial charge in [-0.05, 0) is 24.3 Å². The summed E-state index contributed by atoms with van der Waals surface area (Å²) in [6.07, 6.45) is 3.15. The predicted molar refractivity (Wildman–Crippen MR) is 72.3 cm³/mol. The van der Waals surface area contributed by atoms with Gasteiger partial charge in [0, 0.05) is 6.42 Å². The summed E-state index contributed by atoms with van der Waals surface area (Å²) < 4.78 is 0.